The van der Waals surface area contributed by atoms with Crippen molar-refractivity contribution in [2.45, 2.75) is 26.3 Å². The molecular weight excluding hydrogens is 304 g/mol. The second kappa shape index (κ2) is 6.21. The maximum Gasteiger partial charge on any atom is 0.0648 e. The summed E-state index contributed by atoms with van der Waals surface area (Å²) in [6.45, 7) is 3.95. The molecule has 1 unspecified atom stereocenters. The Morgan fingerprint density at radius 3 is 2.68 bits per heavy atom. The van der Waals surface area contributed by atoms with Crippen LogP contribution in [0.4, 0.5) is 0 Å². The zero-order valence-electron chi connectivity index (χ0n) is 11.3. The molecule has 2 aromatic rings. The Hall–Kier alpha value is -1.33. The van der Waals surface area contributed by atoms with Crippen LogP contribution in [0.25, 0.3) is 0 Å². The van der Waals surface area contributed by atoms with Gasteiger partial charge in [0.05, 0.1) is 11.4 Å². The summed E-state index contributed by atoms with van der Waals surface area (Å²) in [6.07, 6.45) is 2.65. The monoisotopic (exact) mass is 320 g/mol. The van der Waals surface area contributed by atoms with Crippen molar-refractivity contribution in [3.63, 3.8) is 0 Å². The van der Waals surface area contributed by atoms with Gasteiger partial charge in [0.1, 0.15) is 0 Å². The van der Waals surface area contributed by atoms with E-state index in [9.17, 15) is 0 Å². The zero-order chi connectivity index (χ0) is 13.8. The van der Waals surface area contributed by atoms with Crippen LogP contribution in [0.2, 0.25) is 0 Å². The van der Waals surface area contributed by atoms with E-state index >= 15 is 0 Å². The van der Waals surface area contributed by atoms with Gasteiger partial charge in [0.25, 0.3) is 0 Å². The fourth-order valence-electron chi connectivity index (χ4n) is 2.03. The van der Waals surface area contributed by atoms with E-state index in [4.69, 9.17) is 0 Å². The Balaban J connectivity index is 2.24. The third kappa shape index (κ3) is 3.58. The zero-order valence-corrected chi connectivity index (χ0v) is 12.9. The lowest BCUT2D eigenvalue weighted by molar-refractivity contribution is 0.575. The van der Waals surface area contributed by atoms with Gasteiger partial charge in [-0.05, 0) is 60.6 Å². The Morgan fingerprint density at radius 2 is 2.05 bits per heavy atom. The highest BCUT2D eigenvalue weighted by Crippen LogP contribution is 2.20. The van der Waals surface area contributed by atoms with E-state index in [1.54, 1.807) is 0 Å². The smallest absolute Gasteiger partial charge is 0.0648 e. The van der Waals surface area contributed by atoms with Gasteiger partial charge in [0, 0.05) is 28.8 Å². The van der Waals surface area contributed by atoms with Crippen molar-refractivity contribution in [1.29, 1.82) is 0 Å². The summed E-state index contributed by atoms with van der Waals surface area (Å²) >= 11 is 3.40. The Kier molecular flexibility index (Phi) is 4.61. The number of nitrogens with one attached hydrogen (secondary N) is 1. The van der Waals surface area contributed by atoms with Gasteiger partial charge in [-0.2, -0.15) is 10.2 Å². The second-order valence-electron chi connectivity index (χ2n) is 4.54. The predicted octanol–water partition coefficient (Wildman–Crippen LogP) is 2.75. The fourth-order valence-corrected chi connectivity index (χ4v) is 2.26. The van der Waals surface area contributed by atoms with Crippen LogP contribution in [0.3, 0.4) is 0 Å². The van der Waals surface area contributed by atoms with Crippen LogP contribution in [0.15, 0.2) is 28.9 Å². The minimum absolute atomic E-state index is 0.197. The van der Waals surface area contributed by atoms with Gasteiger partial charge in [-0.25, -0.2) is 0 Å². The lowest BCUT2D eigenvalue weighted by atomic mass is 10.0. The third-order valence-electron chi connectivity index (χ3n) is 3.07. The number of hydrogen-bond acceptors (Lipinski definition) is 4. The van der Waals surface area contributed by atoms with Gasteiger partial charge < -0.3 is 5.32 Å². The van der Waals surface area contributed by atoms with Crippen LogP contribution >= 0.6 is 15.9 Å². The van der Waals surface area contributed by atoms with Gasteiger partial charge in [-0.1, -0.05) is 0 Å². The molecule has 1 atom stereocenters. The SMILES string of the molecule is CNC(Cc1ccc(Br)cn1)c1cc(C)nnc1C. The lowest BCUT2D eigenvalue weighted by Crippen LogP contribution is -2.21. The molecule has 2 heterocycles. The van der Waals surface area contributed by atoms with Gasteiger partial charge in [0.15, 0.2) is 0 Å². The van der Waals surface area contributed by atoms with Crippen molar-refractivity contribution < 1.29 is 0 Å². The largest absolute Gasteiger partial charge is 0.313 e. The molecule has 0 fully saturated rings. The molecule has 0 saturated heterocycles. The van der Waals surface area contributed by atoms with Crippen molar-refractivity contribution in [2.75, 3.05) is 7.05 Å². The molecule has 0 aromatic carbocycles. The number of aromatic nitrogens is 3. The van der Waals surface area contributed by atoms with Crippen molar-refractivity contribution in [2.24, 2.45) is 0 Å². The molecule has 0 saturated carbocycles. The van der Waals surface area contributed by atoms with Crippen molar-refractivity contribution in [3.8, 4) is 0 Å². The van der Waals surface area contributed by atoms with Crippen LogP contribution in [0, 0.1) is 13.8 Å². The summed E-state index contributed by atoms with van der Waals surface area (Å²) in [4.78, 5) is 4.42. The van der Waals surface area contributed by atoms with Gasteiger partial charge in [-0.3, -0.25) is 4.98 Å². The van der Waals surface area contributed by atoms with Gasteiger partial charge >= 0.3 is 0 Å². The molecule has 0 aliphatic heterocycles. The minimum atomic E-state index is 0.197. The molecule has 4 nitrogen and oxygen atoms in total. The highest BCUT2D eigenvalue weighted by molar-refractivity contribution is 9.10. The summed E-state index contributed by atoms with van der Waals surface area (Å²) < 4.78 is 0.995. The quantitative estimate of drug-likeness (QED) is 0.941. The average Bonchev–Trinajstić information content (AvgIpc) is 2.41. The lowest BCUT2D eigenvalue weighted by Gasteiger charge is -2.18. The molecule has 2 rings (SSSR count). The number of likely N-dealkylation sites (N-methyl/N-ethyl adjacent to an activating group) is 1. The first-order valence-electron chi connectivity index (χ1n) is 6.18. The van der Waals surface area contributed by atoms with Crippen molar-refractivity contribution in [3.05, 3.63) is 51.5 Å². The second-order valence-corrected chi connectivity index (χ2v) is 5.46. The van der Waals surface area contributed by atoms with E-state index in [1.807, 2.05) is 39.2 Å². The molecule has 0 amide bonds. The summed E-state index contributed by atoms with van der Waals surface area (Å²) in [5.41, 5.74) is 4.13. The fraction of sp³-hybridized carbons (Fsp3) is 0.357. The first-order chi connectivity index (χ1) is 9.10. The normalized spacial score (nSPS) is 12.4. The number of aryl methyl sites for hydroxylation is 2. The summed E-state index contributed by atoms with van der Waals surface area (Å²) in [6, 6.07) is 6.33. The standard InChI is InChI=1S/C14H17BrN4/c1-9-6-13(10(2)19-18-9)14(16-3)7-12-5-4-11(15)8-17-12/h4-6,8,14,16H,7H2,1-3H3. The molecule has 5 heteroatoms. The Morgan fingerprint density at radius 1 is 1.26 bits per heavy atom. The molecule has 1 N–H and O–H groups in total. The number of hydrogen-bond donors (Lipinski definition) is 1. The van der Waals surface area contributed by atoms with Crippen molar-refractivity contribution in [1.82, 2.24) is 20.5 Å². The predicted molar refractivity (Wildman–Crippen MR) is 78.9 cm³/mol. The molecule has 100 valence electrons. The van der Waals surface area contributed by atoms with Crippen LogP contribution in [-0.2, 0) is 6.42 Å². The van der Waals surface area contributed by atoms with E-state index in [1.165, 1.54) is 5.56 Å². The number of nitrogens with zero attached hydrogens (tertiary/aromatic N) is 3. The van der Waals surface area contributed by atoms with Gasteiger partial charge in [-0.15, -0.1) is 0 Å². The molecular formula is C14H17BrN4. The van der Waals surface area contributed by atoms with E-state index in [2.05, 4.69) is 42.5 Å². The highest BCUT2D eigenvalue weighted by atomic mass is 79.9. The maximum atomic E-state index is 4.42. The summed E-state index contributed by atoms with van der Waals surface area (Å²) in [5.74, 6) is 0. The molecule has 19 heavy (non-hydrogen) atoms. The Labute approximate surface area is 121 Å². The highest BCUT2D eigenvalue weighted by Gasteiger charge is 2.14. The topological polar surface area (TPSA) is 50.7 Å². The minimum Gasteiger partial charge on any atom is -0.313 e. The number of halogens is 1. The molecule has 2 aromatic heterocycles. The van der Waals surface area contributed by atoms with Crippen LogP contribution < -0.4 is 5.32 Å². The first kappa shape index (κ1) is 14.1. The van der Waals surface area contributed by atoms with Crippen LogP contribution in [-0.4, -0.2) is 22.2 Å². The first-order valence-corrected chi connectivity index (χ1v) is 6.98. The molecule has 0 spiro atoms. The molecule has 0 radical (unpaired) electrons. The Bertz CT molecular complexity index is 554. The summed E-state index contributed by atoms with van der Waals surface area (Å²) in [5, 5.41) is 11.6. The van der Waals surface area contributed by atoms with E-state index in [0.717, 1.165) is 28.0 Å². The molecule has 0 bridgehead atoms. The molecule has 0 aliphatic carbocycles. The van der Waals surface area contributed by atoms with Gasteiger partial charge in [0.2, 0.25) is 0 Å². The summed E-state index contributed by atoms with van der Waals surface area (Å²) in [7, 11) is 1.96. The number of pyridine rings is 1. The van der Waals surface area contributed by atoms with E-state index in [0.29, 0.717) is 0 Å². The van der Waals surface area contributed by atoms with Crippen molar-refractivity contribution >= 4 is 15.9 Å². The van der Waals surface area contributed by atoms with Crippen LogP contribution in [0.1, 0.15) is 28.7 Å². The van der Waals surface area contributed by atoms with Crippen LogP contribution in [0.5, 0.6) is 0 Å². The van der Waals surface area contributed by atoms with E-state index in [-0.39, 0.29) is 6.04 Å². The van der Waals surface area contributed by atoms with E-state index < -0.39 is 0 Å². The number of rotatable bonds is 4. The molecule has 0 aliphatic rings. The third-order valence-corrected chi connectivity index (χ3v) is 3.53. The maximum absolute atomic E-state index is 4.42. The average molecular weight is 321 g/mol.